The molecule has 0 fully saturated rings. The molecule has 0 rings (SSSR count). The van der Waals surface area contributed by atoms with E-state index in [2.05, 4.69) is 5.92 Å². The van der Waals surface area contributed by atoms with Gasteiger partial charge in [0.1, 0.15) is 6.10 Å². The van der Waals surface area contributed by atoms with Crippen molar-refractivity contribution in [1.29, 1.82) is 0 Å². The lowest BCUT2D eigenvalue weighted by Gasteiger charge is -2.06. The normalized spacial score (nSPS) is 13.1. The van der Waals surface area contributed by atoms with Crippen molar-refractivity contribution in [2.24, 2.45) is 0 Å². The van der Waals surface area contributed by atoms with Gasteiger partial charge in [0.2, 0.25) is 0 Å². The minimum atomic E-state index is -2.64. The van der Waals surface area contributed by atoms with Crippen molar-refractivity contribution in [3.8, 4) is 12.3 Å². The van der Waals surface area contributed by atoms with E-state index in [-0.39, 0.29) is 6.42 Å². The third-order valence-corrected chi connectivity index (χ3v) is 1.11. The SMILES string of the molecule is C#CCCCC(O)C(F)F. The molecule has 0 radical (unpaired) electrons. The van der Waals surface area contributed by atoms with Gasteiger partial charge in [-0.1, -0.05) is 0 Å². The average molecular weight is 148 g/mol. The molecular weight excluding hydrogens is 138 g/mol. The van der Waals surface area contributed by atoms with Crippen LogP contribution in [0.4, 0.5) is 8.78 Å². The van der Waals surface area contributed by atoms with Gasteiger partial charge in [-0.2, -0.15) is 0 Å². The van der Waals surface area contributed by atoms with E-state index in [0.717, 1.165) is 0 Å². The van der Waals surface area contributed by atoms with Gasteiger partial charge in [0.05, 0.1) is 0 Å². The Hall–Kier alpha value is -0.620. The fraction of sp³-hybridized carbons (Fsp3) is 0.714. The zero-order valence-corrected chi connectivity index (χ0v) is 5.56. The minimum Gasteiger partial charge on any atom is -0.387 e. The van der Waals surface area contributed by atoms with Gasteiger partial charge >= 0.3 is 0 Å². The maximum Gasteiger partial charge on any atom is 0.264 e. The van der Waals surface area contributed by atoms with Gasteiger partial charge in [0.25, 0.3) is 6.43 Å². The van der Waals surface area contributed by atoms with Crippen LogP contribution in [0, 0.1) is 12.3 Å². The first kappa shape index (κ1) is 9.38. The maximum absolute atomic E-state index is 11.6. The van der Waals surface area contributed by atoms with Crippen LogP contribution in [0.15, 0.2) is 0 Å². The molecule has 58 valence electrons. The Bertz CT molecular complexity index is 117. The second-order valence-electron chi connectivity index (χ2n) is 2.00. The molecule has 0 saturated heterocycles. The number of terminal acetylenes is 1. The van der Waals surface area contributed by atoms with Crippen molar-refractivity contribution in [3.05, 3.63) is 0 Å². The van der Waals surface area contributed by atoms with Crippen LogP contribution in [0.3, 0.4) is 0 Å². The molecule has 1 nitrogen and oxygen atoms in total. The van der Waals surface area contributed by atoms with Crippen molar-refractivity contribution < 1.29 is 13.9 Å². The largest absolute Gasteiger partial charge is 0.387 e. The fourth-order valence-corrected chi connectivity index (χ4v) is 0.539. The number of rotatable bonds is 4. The summed E-state index contributed by atoms with van der Waals surface area (Å²) in [6.45, 7) is 0. The second-order valence-corrected chi connectivity index (χ2v) is 2.00. The Labute approximate surface area is 59.1 Å². The molecule has 0 aromatic carbocycles. The highest BCUT2D eigenvalue weighted by molar-refractivity contribution is 4.83. The van der Waals surface area contributed by atoms with Gasteiger partial charge in [-0.05, 0) is 12.8 Å². The van der Waals surface area contributed by atoms with Crippen LogP contribution in [0.1, 0.15) is 19.3 Å². The van der Waals surface area contributed by atoms with Gasteiger partial charge in [0, 0.05) is 6.42 Å². The summed E-state index contributed by atoms with van der Waals surface area (Å²) in [4.78, 5) is 0. The summed E-state index contributed by atoms with van der Waals surface area (Å²) in [5.41, 5.74) is 0. The lowest BCUT2D eigenvalue weighted by molar-refractivity contribution is -0.00950. The van der Waals surface area contributed by atoms with Crippen LogP contribution < -0.4 is 0 Å². The van der Waals surface area contributed by atoms with Crippen molar-refractivity contribution in [1.82, 2.24) is 0 Å². The van der Waals surface area contributed by atoms with Crippen molar-refractivity contribution in [2.75, 3.05) is 0 Å². The highest BCUT2D eigenvalue weighted by Gasteiger charge is 2.14. The molecule has 1 atom stereocenters. The van der Waals surface area contributed by atoms with Gasteiger partial charge in [-0.15, -0.1) is 12.3 Å². The Morgan fingerprint density at radius 2 is 2.10 bits per heavy atom. The van der Waals surface area contributed by atoms with E-state index >= 15 is 0 Å². The summed E-state index contributed by atoms with van der Waals surface area (Å²) in [5.74, 6) is 2.31. The lowest BCUT2D eigenvalue weighted by atomic mass is 10.2. The highest BCUT2D eigenvalue weighted by atomic mass is 19.3. The summed E-state index contributed by atoms with van der Waals surface area (Å²) < 4.78 is 23.1. The maximum atomic E-state index is 11.6. The molecule has 0 bridgehead atoms. The first-order valence-electron chi connectivity index (χ1n) is 3.08. The third kappa shape index (κ3) is 4.28. The first-order chi connectivity index (χ1) is 4.68. The predicted molar refractivity (Wildman–Crippen MR) is 34.7 cm³/mol. The van der Waals surface area contributed by atoms with E-state index in [9.17, 15) is 8.78 Å². The molecule has 10 heavy (non-hydrogen) atoms. The number of aliphatic hydroxyl groups is 1. The Morgan fingerprint density at radius 3 is 2.50 bits per heavy atom. The molecule has 0 aromatic heterocycles. The van der Waals surface area contributed by atoms with Crippen LogP contribution in [0.5, 0.6) is 0 Å². The fourth-order valence-electron chi connectivity index (χ4n) is 0.539. The molecule has 0 spiro atoms. The zero-order chi connectivity index (χ0) is 7.98. The highest BCUT2D eigenvalue weighted by Crippen LogP contribution is 2.07. The summed E-state index contributed by atoms with van der Waals surface area (Å²) >= 11 is 0. The molecule has 0 aromatic rings. The van der Waals surface area contributed by atoms with E-state index in [1.165, 1.54) is 0 Å². The molecule has 0 aliphatic rings. The Morgan fingerprint density at radius 1 is 1.50 bits per heavy atom. The number of unbranched alkanes of at least 4 members (excludes halogenated alkanes) is 1. The lowest BCUT2D eigenvalue weighted by Crippen LogP contribution is -2.16. The topological polar surface area (TPSA) is 20.2 Å². The van der Waals surface area contributed by atoms with Gasteiger partial charge in [0.15, 0.2) is 0 Å². The predicted octanol–water partition coefficient (Wildman–Crippen LogP) is 1.42. The van der Waals surface area contributed by atoms with E-state index in [1.807, 2.05) is 0 Å². The van der Waals surface area contributed by atoms with E-state index < -0.39 is 12.5 Å². The van der Waals surface area contributed by atoms with Gasteiger partial charge in [-0.3, -0.25) is 0 Å². The monoisotopic (exact) mass is 148 g/mol. The number of hydrogen-bond acceptors (Lipinski definition) is 1. The molecule has 0 aliphatic carbocycles. The number of halogens is 2. The Kier molecular flexibility index (Phi) is 4.87. The summed E-state index contributed by atoms with van der Waals surface area (Å²) in [7, 11) is 0. The quantitative estimate of drug-likeness (QED) is 0.472. The van der Waals surface area contributed by atoms with Crippen LogP contribution in [0.25, 0.3) is 0 Å². The van der Waals surface area contributed by atoms with Crippen molar-refractivity contribution >= 4 is 0 Å². The molecule has 0 amide bonds. The van der Waals surface area contributed by atoms with Crippen molar-refractivity contribution in [3.63, 3.8) is 0 Å². The van der Waals surface area contributed by atoms with E-state index in [1.54, 1.807) is 0 Å². The third-order valence-electron chi connectivity index (χ3n) is 1.11. The Balaban J connectivity index is 3.23. The second kappa shape index (κ2) is 5.19. The molecule has 3 heteroatoms. The smallest absolute Gasteiger partial charge is 0.264 e. The summed E-state index contributed by atoms with van der Waals surface area (Å²) in [5, 5.41) is 8.53. The molecule has 1 unspecified atom stereocenters. The average Bonchev–Trinajstić information content (AvgIpc) is 1.88. The molecule has 0 heterocycles. The van der Waals surface area contributed by atoms with Crippen LogP contribution in [0.2, 0.25) is 0 Å². The zero-order valence-electron chi connectivity index (χ0n) is 5.56. The molecular formula is C7H10F2O. The molecule has 1 N–H and O–H groups in total. The van der Waals surface area contributed by atoms with Gasteiger partial charge in [-0.25, -0.2) is 8.78 Å². The van der Waals surface area contributed by atoms with E-state index in [4.69, 9.17) is 11.5 Å². The van der Waals surface area contributed by atoms with E-state index in [0.29, 0.717) is 12.8 Å². The number of alkyl halides is 2. The van der Waals surface area contributed by atoms with Gasteiger partial charge < -0.3 is 5.11 Å². The van der Waals surface area contributed by atoms with Crippen LogP contribution >= 0.6 is 0 Å². The molecule has 0 aliphatic heterocycles. The van der Waals surface area contributed by atoms with Crippen LogP contribution in [-0.4, -0.2) is 17.6 Å². The standard InChI is InChI=1S/C7H10F2O/c1-2-3-4-5-6(10)7(8)9/h1,6-7,10H,3-5H2. The summed E-state index contributed by atoms with van der Waals surface area (Å²) in [6, 6.07) is 0. The van der Waals surface area contributed by atoms with Crippen LogP contribution in [-0.2, 0) is 0 Å². The number of aliphatic hydroxyl groups excluding tert-OH is 1. The van der Waals surface area contributed by atoms with Crippen molar-refractivity contribution in [2.45, 2.75) is 31.8 Å². The number of hydrogen-bond donors (Lipinski definition) is 1. The summed E-state index contributed by atoms with van der Waals surface area (Å²) in [6.07, 6.45) is 1.72. The molecule has 0 saturated carbocycles. The first-order valence-corrected chi connectivity index (χ1v) is 3.08. The minimum absolute atomic E-state index is 0.0852.